The molecule has 0 fully saturated rings. The van der Waals surface area contributed by atoms with Gasteiger partial charge in [-0.1, -0.05) is 45.9 Å². The van der Waals surface area contributed by atoms with Crippen LogP contribution in [0.5, 0.6) is 0 Å². The number of methoxy groups -OCH3 is 1. The summed E-state index contributed by atoms with van der Waals surface area (Å²) in [5.41, 5.74) is 2.82. The highest BCUT2D eigenvalue weighted by atomic mass is 19.1. The molecule has 23 heavy (non-hydrogen) atoms. The molecule has 2 aromatic carbocycles. The zero-order valence-electron chi connectivity index (χ0n) is 14.4. The fourth-order valence-electron chi connectivity index (χ4n) is 2.95. The molecule has 124 valence electrons. The van der Waals surface area contributed by atoms with Gasteiger partial charge in [-0.05, 0) is 46.7 Å². The highest BCUT2D eigenvalue weighted by Gasteiger charge is 2.29. The molecule has 0 heterocycles. The number of aryl methyl sites for hydroxylation is 1. The smallest absolute Gasteiger partial charge is 0.131 e. The number of benzene rings is 2. The second kappa shape index (κ2) is 6.79. The molecule has 2 rings (SSSR count). The van der Waals surface area contributed by atoms with Gasteiger partial charge in [-0.25, -0.2) is 8.78 Å². The number of rotatable bonds is 4. The summed E-state index contributed by atoms with van der Waals surface area (Å²) in [7, 11) is 1.65. The maximum absolute atomic E-state index is 14.3. The molecule has 3 heteroatoms. The van der Waals surface area contributed by atoms with E-state index < -0.39 is 11.6 Å². The van der Waals surface area contributed by atoms with Crippen molar-refractivity contribution in [1.29, 1.82) is 0 Å². The van der Waals surface area contributed by atoms with Crippen LogP contribution in [0.15, 0.2) is 36.4 Å². The van der Waals surface area contributed by atoms with E-state index in [1.165, 1.54) is 12.1 Å². The van der Waals surface area contributed by atoms with Crippen LogP contribution in [0.25, 0.3) is 11.1 Å². The first-order valence-electron chi connectivity index (χ1n) is 7.89. The van der Waals surface area contributed by atoms with Gasteiger partial charge >= 0.3 is 0 Å². The van der Waals surface area contributed by atoms with Crippen molar-refractivity contribution in [1.82, 2.24) is 0 Å². The lowest BCUT2D eigenvalue weighted by atomic mass is 9.81. The fraction of sp³-hybridized carbons (Fsp3) is 0.400. The van der Waals surface area contributed by atoms with E-state index in [9.17, 15) is 8.78 Å². The molecule has 1 nitrogen and oxygen atoms in total. The minimum atomic E-state index is -0.448. The van der Waals surface area contributed by atoms with E-state index in [1.54, 1.807) is 7.11 Å². The number of hydrogen-bond acceptors (Lipinski definition) is 1. The van der Waals surface area contributed by atoms with Crippen LogP contribution in [-0.2, 0) is 11.2 Å². The first-order valence-corrected chi connectivity index (χ1v) is 7.89. The summed E-state index contributed by atoms with van der Waals surface area (Å²) in [6.07, 6.45) is 0.658. The Hall–Kier alpha value is -1.74. The lowest BCUT2D eigenvalue weighted by Gasteiger charge is -2.31. The Balaban J connectivity index is 2.71. The van der Waals surface area contributed by atoms with E-state index >= 15 is 0 Å². The summed E-state index contributed by atoms with van der Waals surface area (Å²) < 4.78 is 33.6. The van der Waals surface area contributed by atoms with Crippen LogP contribution in [0, 0.1) is 17.0 Å². The van der Waals surface area contributed by atoms with Gasteiger partial charge in [0.15, 0.2) is 0 Å². The van der Waals surface area contributed by atoms with Crippen LogP contribution >= 0.6 is 0 Å². The first kappa shape index (κ1) is 17.6. The molecule has 0 aliphatic carbocycles. The summed E-state index contributed by atoms with van der Waals surface area (Å²) in [5.74, 6) is -0.877. The van der Waals surface area contributed by atoms with Crippen molar-refractivity contribution in [2.24, 2.45) is 5.41 Å². The molecule has 0 unspecified atom stereocenters. The molecule has 0 aliphatic rings. The highest BCUT2D eigenvalue weighted by molar-refractivity contribution is 5.69. The maximum atomic E-state index is 14.3. The van der Waals surface area contributed by atoms with Crippen LogP contribution in [0.4, 0.5) is 8.78 Å². The molecule has 0 spiro atoms. The molecule has 0 radical (unpaired) electrons. The van der Waals surface area contributed by atoms with Crippen LogP contribution in [0.3, 0.4) is 0 Å². The van der Waals surface area contributed by atoms with Gasteiger partial charge in [0.25, 0.3) is 0 Å². The second-order valence-corrected chi connectivity index (χ2v) is 6.88. The summed E-state index contributed by atoms with van der Waals surface area (Å²) in [4.78, 5) is 0. The Morgan fingerprint density at radius 1 is 1.00 bits per heavy atom. The summed E-state index contributed by atoms with van der Waals surface area (Å²) in [6.45, 7) is 8.29. The Labute approximate surface area is 137 Å². The standard InChI is InChI=1S/C20H24F2O/c1-6-13-7-9-15(16-12-14(21)8-10-18(16)22)17(11-13)19(23-5)20(2,3)4/h7-12,19H,6H2,1-5H3/t19-/m1/s1. The zero-order valence-corrected chi connectivity index (χ0v) is 14.4. The van der Waals surface area contributed by atoms with Crippen molar-refractivity contribution in [3.8, 4) is 11.1 Å². The Bertz CT molecular complexity index is 687. The molecule has 0 aromatic heterocycles. The molecule has 1 atom stereocenters. The first-order chi connectivity index (χ1) is 10.8. The van der Waals surface area contributed by atoms with Crippen molar-refractivity contribution in [2.45, 2.75) is 40.2 Å². The third kappa shape index (κ3) is 3.78. The SMILES string of the molecule is CCc1ccc(-c2cc(F)ccc2F)c([C@@H](OC)C(C)(C)C)c1. The molecule has 0 saturated heterocycles. The normalized spacial score (nSPS) is 13.2. The molecule has 0 bridgehead atoms. The number of ether oxygens (including phenoxy) is 1. The summed E-state index contributed by atoms with van der Waals surface area (Å²) in [5, 5.41) is 0. The summed E-state index contributed by atoms with van der Waals surface area (Å²) >= 11 is 0. The van der Waals surface area contributed by atoms with Crippen LogP contribution in [-0.4, -0.2) is 7.11 Å². The van der Waals surface area contributed by atoms with Gasteiger partial charge in [0.05, 0.1) is 6.10 Å². The predicted octanol–water partition coefficient (Wildman–Crippen LogP) is 5.93. The van der Waals surface area contributed by atoms with Crippen molar-refractivity contribution < 1.29 is 13.5 Å². The third-order valence-corrected chi connectivity index (χ3v) is 4.05. The Morgan fingerprint density at radius 2 is 1.70 bits per heavy atom. The van der Waals surface area contributed by atoms with Crippen molar-refractivity contribution in [3.63, 3.8) is 0 Å². The van der Waals surface area contributed by atoms with Gasteiger partial charge in [-0.3, -0.25) is 0 Å². The fourth-order valence-corrected chi connectivity index (χ4v) is 2.95. The second-order valence-electron chi connectivity index (χ2n) is 6.88. The topological polar surface area (TPSA) is 9.23 Å². The van der Waals surface area contributed by atoms with E-state index in [0.717, 1.165) is 23.6 Å². The van der Waals surface area contributed by atoms with Gasteiger partial charge in [0.2, 0.25) is 0 Å². The molecular weight excluding hydrogens is 294 g/mol. The van der Waals surface area contributed by atoms with E-state index in [-0.39, 0.29) is 17.1 Å². The average molecular weight is 318 g/mol. The molecule has 0 saturated carbocycles. The molecule has 0 aliphatic heterocycles. The van der Waals surface area contributed by atoms with Gasteiger partial charge in [0, 0.05) is 12.7 Å². The van der Waals surface area contributed by atoms with E-state index in [1.807, 2.05) is 18.2 Å². The number of halogens is 2. The van der Waals surface area contributed by atoms with E-state index in [4.69, 9.17) is 4.74 Å². The largest absolute Gasteiger partial charge is 0.376 e. The lowest BCUT2D eigenvalue weighted by molar-refractivity contribution is 0.0155. The van der Waals surface area contributed by atoms with Crippen molar-refractivity contribution >= 4 is 0 Å². The van der Waals surface area contributed by atoms with Crippen molar-refractivity contribution in [2.75, 3.05) is 7.11 Å². The highest BCUT2D eigenvalue weighted by Crippen LogP contribution is 2.41. The van der Waals surface area contributed by atoms with Gasteiger partial charge in [-0.2, -0.15) is 0 Å². The maximum Gasteiger partial charge on any atom is 0.131 e. The monoisotopic (exact) mass is 318 g/mol. The Morgan fingerprint density at radius 3 is 2.26 bits per heavy atom. The predicted molar refractivity (Wildman–Crippen MR) is 90.4 cm³/mol. The van der Waals surface area contributed by atoms with E-state index in [2.05, 4.69) is 27.7 Å². The minimum absolute atomic E-state index is 0.167. The van der Waals surface area contributed by atoms with Gasteiger partial charge < -0.3 is 4.74 Å². The van der Waals surface area contributed by atoms with Gasteiger partial charge in [-0.15, -0.1) is 0 Å². The molecule has 0 N–H and O–H groups in total. The third-order valence-electron chi connectivity index (χ3n) is 4.05. The zero-order chi connectivity index (χ0) is 17.2. The lowest BCUT2D eigenvalue weighted by Crippen LogP contribution is -2.21. The molecular formula is C20H24F2O. The number of hydrogen-bond donors (Lipinski definition) is 0. The summed E-state index contributed by atoms with van der Waals surface area (Å²) in [6, 6.07) is 9.41. The Kier molecular flexibility index (Phi) is 5.20. The molecule has 2 aromatic rings. The average Bonchev–Trinajstić information content (AvgIpc) is 2.49. The van der Waals surface area contributed by atoms with Crippen molar-refractivity contribution in [3.05, 3.63) is 59.2 Å². The van der Waals surface area contributed by atoms with E-state index in [0.29, 0.717) is 5.56 Å². The van der Waals surface area contributed by atoms with Crippen LogP contribution in [0.1, 0.15) is 44.9 Å². The van der Waals surface area contributed by atoms with Gasteiger partial charge in [0.1, 0.15) is 11.6 Å². The van der Waals surface area contributed by atoms with Crippen LogP contribution < -0.4 is 0 Å². The minimum Gasteiger partial charge on any atom is -0.376 e. The quantitative estimate of drug-likeness (QED) is 0.679. The molecule has 0 amide bonds. The van der Waals surface area contributed by atoms with Crippen LogP contribution in [0.2, 0.25) is 0 Å².